The summed E-state index contributed by atoms with van der Waals surface area (Å²) in [6.07, 6.45) is 1.90. The van der Waals surface area contributed by atoms with Gasteiger partial charge in [-0.15, -0.1) is 11.3 Å². The fourth-order valence-electron chi connectivity index (χ4n) is 1.88. The van der Waals surface area contributed by atoms with Gasteiger partial charge < -0.3 is 9.84 Å². The van der Waals surface area contributed by atoms with Crippen LogP contribution < -0.4 is 0 Å². The summed E-state index contributed by atoms with van der Waals surface area (Å²) in [5, 5.41) is 10.2. The summed E-state index contributed by atoms with van der Waals surface area (Å²) in [7, 11) is 0. The van der Waals surface area contributed by atoms with Crippen LogP contribution in [0.1, 0.15) is 16.8 Å². The van der Waals surface area contributed by atoms with Crippen LogP contribution in [0.2, 0.25) is 0 Å². The Labute approximate surface area is 99.9 Å². The van der Waals surface area contributed by atoms with Crippen LogP contribution in [0.5, 0.6) is 0 Å². The van der Waals surface area contributed by atoms with Crippen molar-refractivity contribution in [2.24, 2.45) is 0 Å². The molecule has 0 amide bonds. The van der Waals surface area contributed by atoms with Gasteiger partial charge in [-0.3, -0.25) is 4.90 Å². The number of aliphatic hydroxyl groups excluding tert-OH is 1. The van der Waals surface area contributed by atoms with Gasteiger partial charge in [0, 0.05) is 30.2 Å². The lowest BCUT2D eigenvalue weighted by molar-refractivity contribution is -0.0803. The summed E-state index contributed by atoms with van der Waals surface area (Å²) < 4.78 is 5.51. The average Bonchev–Trinajstić information content (AvgIpc) is 2.67. The van der Waals surface area contributed by atoms with E-state index >= 15 is 0 Å². The Morgan fingerprint density at radius 3 is 3.12 bits per heavy atom. The molecule has 1 aromatic rings. The smallest absolute Gasteiger partial charge is 0.0933 e. The zero-order chi connectivity index (χ0) is 11.5. The highest BCUT2D eigenvalue weighted by molar-refractivity contribution is 7.11. The number of rotatable bonds is 3. The molecule has 2 rings (SSSR count). The molecule has 0 spiro atoms. The lowest BCUT2D eigenvalue weighted by Gasteiger charge is -2.37. The molecule has 0 radical (unpaired) electrons. The standard InChI is InChI=1S/C11H18N2O2S/c1-8-7-15-10(6-14)4-13(8)5-11-3-12-9(2)16-11/h3,8,10,14H,4-7H2,1-2H3. The Hall–Kier alpha value is -0.490. The molecule has 1 fully saturated rings. The molecule has 1 N–H and O–H groups in total. The fraction of sp³-hybridized carbons (Fsp3) is 0.727. The van der Waals surface area contributed by atoms with Gasteiger partial charge in [-0.05, 0) is 13.8 Å². The number of hydrogen-bond acceptors (Lipinski definition) is 5. The molecule has 1 aliphatic heterocycles. The summed E-state index contributed by atoms with van der Waals surface area (Å²) >= 11 is 1.74. The van der Waals surface area contributed by atoms with E-state index in [9.17, 15) is 0 Å². The molecule has 1 aromatic heterocycles. The number of morpholine rings is 1. The molecule has 2 heterocycles. The van der Waals surface area contributed by atoms with E-state index in [1.165, 1.54) is 4.88 Å². The van der Waals surface area contributed by atoms with Crippen LogP contribution in [0.4, 0.5) is 0 Å². The molecule has 0 saturated carbocycles. The van der Waals surface area contributed by atoms with E-state index in [-0.39, 0.29) is 12.7 Å². The van der Waals surface area contributed by atoms with Crippen LogP contribution in [0, 0.1) is 6.92 Å². The maximum atomic E-state index is 9.10. The Kier molecular flexibility index (Phi) is 3.91. The predicted octanol–water partition coefficient (Wildman–Crippen LogP) is 1.03. The van der Waals surface area contributed by atoms with Gasteiger partial charge in [0.05, 0.1) is 24.3 Å². The summed E-state index contributed by atoms with van der Waals surface area (Å²) in [6, 6.07) is 0.408. The number of thiazole rings is 1. The second-order valence-electron chi connectivity index (χ2n) is 4.26. The highest BCUT2D eigenvalue weighted by Crippen LogP contribution is 2.19. The Balaban J connectivity index is 1.96. The minimum atomic E-state index is -0.0368. The summed E-state index contributed by atoms with van der Waals surface area (Å²) in [6.45, 7) is 6.68. The largest absolute Gasteiger partial charge is 0.394 e. The molecule has 1 aliphatic rings. The van der Waals surface area contributed by atoms with E-state index in [4.69, 9.17) is 9.84 Å². The number of ether oxygens (including phenoxy) is 1. The van der Waals surface area contributed by atoms with E-state index in [2.05, 4.69) is 16.8 Å². The Morgan fingerprint density at radius 2 is 2.50 bits per heavy atom. The van der Waals surface area contributed by atoms with Gasteiger partial charge in [-0.2, -0.15) is 0 Å². The minimum absolute atomic E-state index is 0.0368. The average molecular weight is 242 g/mol. The third kappa shape index (κ3) is 2.79. The number of nitrogens with zero attached hydrogens (tertiary/aromatic N) is 2. The second-order valence-corrected chi connectivity index (χ2v) is 5.58. The Morgan fingerprint density at radius 1 is 1.69 bits per heavy atom. The third-order valence-corrected chi connectivity index (χ3v) is 3.76. The monoisotopic (exact) mass is 242 g/mol. The summed E-state index contributed by atoms with van der Waals surface area (Å²) in [5.41, 5.74) is 0. The topological polar surface area (TPSA) is 45.6 Å². The van der Waals surface area contributed by atoms with E-state index in [0.29, 0.717) is 12.6 Å². The highest BCUT2D eigenvalue weighted by Gasteiger charge is 2.25. The lowest BCUT2D eigenvalue weighted by Crippen LogP contribution is -2.48. The maximum absolute atomic E-state index is 9.10. The number of aryl methyl sites for hydroxylation is 1. The Bertz CT molecular complexity index is 342. The van der Waals surface area contributed by atoms with Crippen LogP contribution in [-0.4, -0.2) is 46.9 Å². The quantitative estimate of drug-likeness (QED) is 0.860. The minimum Gasteiger partial charge on any atom is -0.394 e. The van der Waals surface area contributed by atoms with Crippen molar-refractivity contribution in [3.05, 3.63) is 16.1 Å². The van der Waals surface area contributed by atoms with Crippen LogP contribution in [0.15, 0.2) is 6.20 Å². The van der Waals surface area contributed by atoms with Crippen molar-refractivity contribution < 1.29 is 9.84 Å². The van der Waals surface area contributed by atoms with E-state index in [0.717, 1.165) is 18.1 Å². The molecule has 5 heteroatoms. The van der Waals surface area contributed by atoms with E-state index in [1.54, 1.807) is 11.3 Å². The molecular formula is C11H18N2O2S. The molecule has 90 valence electrons. The van der Waals surface area contributed by atoms with Crippen molar-refractivity contribution in [3.8, 4) is 0 Å². The third-order valence-electron chi connectivity index (χ3n) is 2.87. The van der Waals surface area contributed by atoms with Crippen molar-refractivity contribution in [2.75, 3.05) is 19.8 Å². The molecule has 0 aliphatic carbocycles. The molecule has 0 aromatic carbocycles. The van der Waals surface area contributed by atoms with Crippen LogP contribution in [-0.2, 0) is 11.3 Å². The predicted molar refractivity (Wildman–Crippen MR) is 63.5 cm³/mol. The van der Waals surface area contributed by atoms with E-state index < -0.39 is 0 Å². The molecule has 16 heavy (non-hydrogen) atoms. The highest BCUT2D eigenvalue weighted by atomic mass is 32.1. The van der Waals surface area contributed by atoms with Gasteiger partial charge in [-0.25, -0.2) is 4.98 Å². The first-order valence-corrected chi connectivity index (χ1v) is 6.38. The van der Waals surface area contributed by atoms with Crippen molar-refractivity contribution in [2.45, 2.75) is 32.5 Å². The van der Waals surface area contributed by atoms with E-state index in [1.807, 2.05) is 13.1 Å². The lowest BCUT2D eigenvalue weighted by atomic mass is 10.2. The SMILES string of the molecule is Cc1ncc(CN2CC(CO)OCC2C)s1. The van der Waals surface area contributed by atoms with Crippen molar-refractivity contribution in [1.29, 1.82) is 0 Å². The molecular weight excluding hydrogens is 224 g/mol. The second kappa shape index (κ2) is 5.23. The number of hydrogen-bond donors (Lipinski definition) is 1. The first-order valence-electron chi connectivity index (χ1n) is 5.57. The van der Waals surface area contributed by atoms with Crippen molar-refractivity contribution >= 4 is 11.3 Å². The van der Waals surface area contributed by atoms with Crippen LogP contribution in [0.25, 0.3) is 0 Å². The molecule has 2 unspecified atom stereocenters. The summed E-state index contributed by atoms with van der Waals surface area (Å²) in [4.78, 5) is 7.88. The first kappa shape index (κ1) is 12.0. The first-order chi connectivity index (χ1) is 7.69. The van der Waals surface area contributed by atoms with Gasteiger partial charge in [0.1, 0.15) is 0 Å². The zero-order valence-corrected chi connectivity index (χ0v) is 10.5. The maximum Gasteiger partial charge on any atom is 0.0933 e. The van der Waals surface area contributed by atoms with Gasteiger partial charge in [0.25, 0.3) is 0 Å². The van der Waals surface area contributed by atoms with Gasteiger partial charge >= 0.3 is 0 Å². The van der Waals surface area contributed by atoms with Crippen molar-refractivity contribution in [1.82, 2.24) is 9.88 Å². The van der Waals surface area contributed by atoms with Gasteiger partial charge in [0.2, 0.25) is 0 Å². The molecule has 1 saturated heterocycles. The summed E-state index contributed by atoms with van der Waals surface area (Å²) in [5.74, 6) is 0. The normalized spacial score (nSPS) is 27.2. The molecule has 0 bridgehead atoms. The fourth-order valence-corrected chi connectivity index (χ4v) is 2.71. The number of aromatic nitrogens is 1. The van der Waals surface area contributed by atoms with Gasteiger partial charge in [-0.1, -0.05) is 0 Å². The molecule has 2 atom stereocenters. The van der Waals surface area contributed by atoms with Crippen molar-refractivity contribution in [3.63, 3.8) is 0 Å². The molecule has 4 nitrogen and oxygen atoms in total. The number of aliphatic hydroxyl groups is 1. The van der Waals surface area contributed by atoms with Crippen LogP contribution >= 0.6 is 11.3 Å². The zero-order valence-electron chi connectivity index (χ0n) is 9.72. The van der Waals surface area contributed by atoms with Crippen LogP contribution in [0.3, 0.4) is 0 Å². The van der Waals surface area contributed by atoms with Gasteiger partial charge in [0.15, 0.2) is 0 Å².